The highest BCUT2D eigenvalue weighted by molar-refractivity contribution is 5.56. The lowest BCUT2D eigenvalue weighted by Gasteiger charge is -2.13. The van der Waals surface area contributed by atoms with Crippen LogP contribution >= 0.6 is 0 Å². The maximum Gasteiger partial charge on any atom is 0.333 e. The number of hydrogen-bond acceptors (Lipinski definition) is 4. The lowest BCUT2D eigenvalue weighted by molar-refractivity contribution is -0.384. The normalized spacial score (nSPS) is 12.4. The molecule has 0 aliphatic rings. The number of aromatic nitrogens is 2. The van der Waals surface area contributed by atoms with E-state index >= 15 is 0 Å². The highest BCUT2D eigenvalue weighted by atomic mass is 16.6. The van der Waals surface area contributed by atoms with Crippen molar-refractivity contribution in [3.05, 3.63) is 51.2 Å². The summed E-state index contributed by atoms with van der Waals surface area (Å²) in [6.45, 7) is 5.51. The molecule has 0 fully saturated rings. The van der Waals surface area contributed by atoms with Gasteiger partial charge in [0.05, 0.1) is 11.0 Å². The van der Waals surface area contributed by atoms with E-state index in [4.69, 9.17) is 5.73 Å². The van der Waals surface area contributed by atoms with Crippen LogP contribution < -0.4 is 5.73 Å². The lowest BCUT2D eigenvalue weighted by atomic mass is 10.1. The molecule has 0 bridgehead atoms. The first-order chi connectivity index (χ1) is 8.91. The number of rotatable bonds is 3. The number of nitrogen functional groups attached to an aromatic ring is 1. The number of nitrogens with two attached hydrogens (primary N) is 1. The maximum atomic E-state index is 10.9. The van der Waals surface area contributed by atoms with Gasteiger partial charge in [-0.1, -0.05) is 29.8 Å². The summed E-state index contributed by atoms with van der Waals surface area (Å²) in [7, 11) is 0. The van der Waals surface area contributed by atoms with Crippen LogP contribution in [-0.4, -0.2) is 14.7 Å². The van der Waals surface area contributed by atoms with Crippen LogP contribution in [0.15, 0.2) is 24.3 Å². The summed E-state index contributed by atoms with van der Waals surface area (Å²) >= 11 is 0. The van der Waals surface area contributed by atoms with Gasteiger partial charge in [0.25, 0.3) is 0 Å². The first-order valence-corrected chi connectivity index (χ1v) is 5.97. The second kappa shape index (κ2) is 4.72. The standard InChI is InChI=1S/C13H16N4O2/c1-8-4-6-11(7-5-8)10(3)16-13(14)12(17(18)19)9(2)15-16/h4-7,10H,14H2,1-3H3. The molecule has 6 nitrogen and oxygen atoms in total. The summed E-state index contributed by atoms with van der Waals surface area (Å²) in [4.78, 5) is 10.4. The molecule has 1 aromatic carbocycles. The van der Waals surface area contributed by atoms with Crippen LogP contribution in [0.3, 0.4) is 0 Å². The van der Waals surface area contributed by atoms with Gasteiger partial charge in [0.1, 0.15) is 5.69 Å². The molecule has 1 aromatic heterocycles. The van der Waals surface area contributed by atoms with E-state index in [1.54, 1.807) is 6.92 Å². The van der Waals surface area contributed by atoms with Gasteiger partial charge >= 0.3 is 5.69 Å². The largest absolute Gasteiger partial charge is 0.378 e. The number of aryl methyl sites for hydroxylation is 2. The van der Waals surface area contributed by atoms with Crippen LogP contribution in [0.25, 0.3) is 0 Å². The van der Waals surface area contributed by atoms with E-state index in [0.29, 0.717) is 5.69 Å². The molecule has 0 aliphatic carbocycles. The van der Waals surface area contributed by atoms with Gasteiger partial charge in [0.15, 0.2) is 0 Å². The highest BCUT2D eigenvalue weighted by Crippen LogP contribution is 2.30. The van der Waals surface area contributed by atoms with E-state index < -0.39 is 4.92 Å². The monoisotopic (exact) mass is 260 g/mol. The van der Waals surface area contributed by atoms with Crippen molar-refractivity contribution in [2.24, 2.45) is 0 Å². The zero-order valence-corrected chi connectivity index (χ0v) is 11.1. The van der Waals surface area contributed by atoms with Gasteiger partial charge in [-0.2, -0.15) is 5.10 Å². The van der Waals surface area contributed by atoms with Gasteiger partial charge < -0.3 is 5.73 Å². The van der Waals surface area contributed by atoms with Gasteiger partial charge in [-0.3, -0.25) is 10.1 Å². The fourth-order valence-corrected chi connectivity index (χ4v) is 2.06. The minimum Gasteiger partial charge on any atom is -0.378 e. The second-order valence-corrected chi connectivity index (χ2v) is 4.61. The molecule has 1 heterocycles. The Morgan fingerprint density at radius 1 is 1.32 bits per heavy atom. The van der Waals surface area contributed by atoms with Gasteiger partial charge in [-0.05, 0) is 26.3 Å². The summed E-state index contributed by atoms with van der Waals surface area (Å²) in [5, 5.41) is 15.1. The fourth-order valence-electron chi connectivity index (χ4n) is 2.06. The van der Waals surface area contributed by atoms with Crippen molar-refractivity contribution in [2.45, 2.75) is 26.8 Å². The molecule has 0 amide bonds. The predicted molar refractivity (Wildman–Crippen MR) is 73.0 cm³/mol. The zero-order valence-electron chi connectivity index (χ0n) is 11.1. The van der Waals surface area contributed by atoms with Crippen LogP contribution in [0, 0.1) is 24.0 Å². The fraction of sp³-hybridized carbons (Fsp3) is 0.308. The Bertz CT molecular complexity index is 616. The minimum atomic E-state index is -0.490. The summed E-state index contributed by atoms with van der Waals surface area (Å²) < 4.78 is 1.50. The zero-order chi connectivity index (χ0) is 14.2. The Balaban J connectivity index is 2.45. The van der Waals surface area contributed by atoms with Gasteiger partial charge in [0, 0.05) is 0 Å². The Kier molecular flexibility index (Phi) is 3.25. The van der Waals surface area contributed by atoms with Gasteiger partial charge in [-0.15, -0.1) is 0 Å². The third kappa shape index (κ3) is 2.29. The first-order valence-electron chi connectivity index (χ1n) is 5.97. The Morgan fingerprint density at radius 3 is 2.37 bits per heavy atom. The molecule has 0 radical (unpaired) electrons. The van der Waals surface area contributed by atoms with Crippen molar-refractivity contribution in [3.63, 3.8) is 0 Å². The maximum absolute atomic E-state index is 10.9. The molecule has 0 saturated heterocycles. The SMILES string of the molecule is Cc1ccc(C(C)n2nc(C)c([N+](=O)[O-])c2N)cc1. The number of anilines is 1. The van der Waals surface area contributed by atoms with Crippen LogP contribution in [0.4, 0.5) is 11.5 Å². The van der Waals surface area contributed by atoms with E-state index in [1.165, 1.54) is 4.68 Å². The molecule has 0 aliphatic heterocycles. The number of hydrogen-bond donors (Lipinski definition) is 1. The van der Waals surface area contributed by atoms with Crippen molar-refractivity contribution >= 4 is 11.5 Å². The molecular formula is C13H16N4O2. The van der Waals surface area contributed by atoms with Crippen LogP contribution in [0.2, 0.25) is 0 Å². The number of benzene rings is 1. The predicted octanol–water partition coefficient (Wildman–Crippen LogP) is 2.60. The smallest absolute Gasteiger partial charge is 0.333 e. The van der Waals surface area contributed by atoms with Crippen molar-refractivity contribution in [3.8, 4) is 0 Å². The topological polar surface area (TPSA) is 87.0 Å². The van der Waals surface area contributed by atoms with Crippen LogP contribution in [0.5, 0.6) is 0 Å². The van der Waals surface area contributed by atoms with E-state index in [1.807, 2.05) is 38.1 Å². The van der Waals surface area contributed by atoms with E-state index in [2.05, 4.69) is 5.10 Å². The molecular weight excluding hydrogens is 244 g/mol. The van der Waals surface area contributed by atoms with E-state index in [-0.39, 0.29) is 17.5 Å². The quantitative estimate of drug-likeness (QED) is 0.678. The van der Waals surface area contributed by atoms with Crippen LogP contribution in [-0.2, 0) is 0 Å². The van der Waals surface area contributed by atoms with Crippen molar-refractivity contribution in [1.82, 2.24) is 9.78 Å². The van der Waals surface area contributed by atoms with Gasteiger partial charge in [-0.25, -0.2) is 4.68 Å². The number of nitro groups is 1. The van der Waals surface area contributed by atoms with Crippen molar-refractivity contribution < 1.29 is 4.92 Å². The lowest BCUT2D eigenvalue weighted by Crippen LogP contribution is -2.12. The molecule has 2 N–H and O–H groups in total. The molecule has 1 atom stereocenters. The summed E-state index contributed by atoms with van der Waals surface area (Å²) in [5.41, 5.74) is 8.22. The Morgan fingerprint density at radius 2 is 1.89 bits per heavy atom. The highest BCUT2D eigenvalue weighted by Gasteiger charge is 2.25. The molecule has 19 heavy (non-hydrogen) atoms. The van der Waals surface area contributed by atoms with E-state index in [9.17, 15) is 10.1 Å². The Labute approximate surface area is 111 Å². The van der Waals surface area contributed by atoms with E-state index in [0.717, 1.165) is 11.1 Å². The van der Waals surface area contributed by atoms with Crippen molar-refractivity contribution in [2.75, 3.05) is 5.73 Å². The van der Waals surface area contributed by atoms with Crippen LogP contribution in [0.1, 0.15) is 29.8 Å². The molecule has 0 saturated carbocycles. The average Bonchev–Trinajstić information content (AvgIpc) is 2.65. The van der Waals surface area contributed by atoms with Crippen molar-refractivity contribution in [1.29, 1.82) is 0 Å². The molecule has 1 unspecified atom stereocenters. The molecule has 2 rings (SSSR count). The third-order valence-electron chi connectivity index (χ3n) is 3.20. The molecule has 0 spiro atoms. The number of nitrogens with zero attached hydrogens (tertiary/aromatic N) is 3. The summed E-state index contributed by atoms with van der Waals surface area (Å²) in [6, 6.07) is 7.79. The Hall–Kier alpha value is -2.37. The summed E-state index contributed by atoms with van der Waals surface area (Å²) in [5.74, 6) is 0.0931. The molecule has 2 aromatic rings. The first kappa shape index (κ1) is 13.1. The molecule has 100 valence electrons. The average molecular weight is 260 g/mol. The molecule has 6 heteroatoms. The second-order valence-electron chi connectivity index (χ2n) is 4.61. The summed E-state index contributed by atoms with van der Waals surface area (Å²) in [6.07, 6.45) is 0. The minimum absolute atomic E-state index is 0.0931. The van der Waals surface area contributed by atoms with Gasteiger partial charge in [0.2, 0.25) is 5.82 Å². The third-order valence-corrected chi connectivity index (χ3v) is 3.20.